The fraction of sp³-hybridized carbons (Fsp3) is 0.500. The fourth-order valence-corrected chi connectivity index (χ4v) is 3.41. The highest BCUT2D eigenvalue weighted by Crippen LogP contribution is 2.44. The Bertz CT molecular complexity index is 821. The SMILES string of the molecule is CC1(CNc2cc(-c3cc(N=C4CCCCC4)ncc3Cl)ncn2)CC1. The standard InChI is InChI=1S/C20H24ClN5/c1-20(7-8-20)12-23-18-10-17(24-13-25-18)15-9-19(22-11-16(15)21)26-14-5-3-2-4-6-14/h9-11,13H,2-8,12H2,1H3,(H,23,24,25). The molecule has 2 saturated carbocycles. The van der Waals surface area contributed by atoms with Crippen LogP contribution in [0.25, 0.3) is 11.3 Å². The lowest BCUT2D eigenvalue weighted by molar-refractivity contribution is 0.609. The highest BCUT2D eigenvalue weighted by Gasteiger charge is 2.36. The summed E-state index contributed by atoms with van der Waals surface area (Å²) in [5.74, 6) is 1.54. The van der Waals surface area contributed by atoms with Crippen LogP contribution in [0.2, 0.25) is 5.02 Å². The molecular formula is C20H24ClN5. The molecule has 26 heavy (non-hydrogen) atoms. The molecule has 136 valence electrons. The van der Waals surface area contributed by atoms with Crippen LogP contribution < -0.4 is 5.32 Å². The van der Waals surface area contributed by atoms with Crippen molar-refractivity contribution < 1.29 is 0 Å². The molecule has 0 radical (unpaired) electrons. The number of rotatable bonds is 5. The number of nitrogens with one attached hydrogen (secondary N) is 1. The van der Waals surface area contributed by atoms with E-state index in [4.69, 9.17) is 16.6 Å². The smallest absolute Gasteiger partial charge is 0.152 e. The second kappa shape index (κ2) is 7.31. The maximum Gasteiger partial charge on any atom is 0.152 e. The predicted octanol–water partition coefficient (Wildman–Crippen LogP) is 5.44. The van der Waals surface area contributed by atoms with Gasteiger partial charge in [-0.05, 0) is 50.0 Å². The van der Waals surface area contributed by atoms with Crippen LogP contribution >= 0.6 is 11.6 Å². The number of anilines is 1. The van der Waals surface area contributed by atoms with Gasteiger partial charge >= 0.3 is 0 Å². The quantitative estimate of drug-likeness (QED) is 0.762. The molecule has 0 amide bonds. The molecule has 0 saturated heterocycles. The number of halogens is 1. The predicted molar refractivity (Wildman–Crippen MR) is 106 cm³/mol. The van der Waals surface area contributed by atoms with E-state index in [1.165, 1.54) is 37.8 Å². The largest absolute Gasteiger partial charge is 0.369 e. The third-order valence-corrected chi connectivity index (χ3v) is 5.59. The average molecular weight is 370 g/mol. The third kappa shape index (κ3) is 4.21. The fourth-order valence-electron chi connectivity index (χ4n) is 3.21. The molecule has 2 aromatic rings. The lowest BCUT2D eigenvalue weighted by Crippen LogP contribution is -2.12. The molecule has 4 rings (SSSR count). The van der Waals surface area contributed by atoms with Gasteiger partial charge in [0.1, 0.15) is 12.1 Å². The first-order valence-electron chi connectivity index (χ1n) is 9.40. The van der Waals surface area contributed by atoms with Crippen LogP contribution in [0.4, 0.5) is 11.6 Å². The summed E-state index contributed by atoms with van der Waals surface area (Å²) in [6, 6.07) is 3.88. The van der Waals surface area contributed by atoms with E-state index in [2.05, 4.69) is 27.2 Å². The number of pyridine rings is 1. The Morgan fingerprint density at radius 3 is 2.69 bits per heavy atom. The van der Waals surface area contributed by atoms with Crippen molar-refractivity contribution in [3.05, 3.63) is 29.7 Å². The van der Waals surface area contributed by atoms with Crippen LogP contribution in [0.3, 0.4) is 0 Å². The van der Waals surface area contributed by atoms with Crippen LogP contribution in [0.5, 0.6) is 0 Å². The molecule has 0 aromatic carbocycles. The highest BCUT2D eigenvalue weighted by atomic mass is 35.5. The van der Waals surface area contributed by atoms with Gasteiger partial charge in [0.2, 0.25) is 0 Å². The normalized spacial score (nSPS) is 18.5. The molecule has 0 unspecified atom stereocenters. The molecule has 6 heteroatoms. The van der Waals surface area contributed by atoms with Crippen molar-refractivity contribution in [3.63, 3.8) is 0 Å². The summed E-state index contributed by atoms with van der Waals surface area (Å²) in [6.07, 6.45) is 11.7. The van der Waals surface area contributed by atoms with Crippen molar-refractivity contribution in [1.82, 2.24) is 15.0 Å². The summed E-state index contributed by atoms with van der Waals surface area (Å²) in [5, 5.41) is 4.00. The molecule has 2 fully saturated rings. The second-order valence-electron chi connectivity index (χ2n) is 7.71. The molecular weight excluding hydrogens is 346 g/mol. The van der Waals surface area contributed by atoms with E-state index >= 15 is 0 Å². The van der Waals surface area contributed by atoms with Gasteiger partial charge in [0, 0.05) is 30.1 Å². The second-order valence-corrected chi connectivity index (χ2v) is 8.12. The van der Waals surface area contributed by atoms with Crippen molar-refractivity contribution in [2.75, 3.05) is 11.9 Å². The van der Waals surface area contributed by atoms with Crippen LogP contribution in [0.1, 0.15) is 51.9 Å². The van der Waals surface area contributed by atoms with Crippen molar-refractivity contribution in [2.24, 2.45) is 10.4 Å². The topological polar surface area (TPSA) is 63.1 Å². The molecule has 0 aliphatic heterocycles. The minimum absolute atomic E-state index is 0.419. The van der Waals surface area contributed by atoms with Crippen molar-refractivity contribution in [2.45, 2.75) is 51.9 Å². The minimum atomic E-state index is 0.419. The van der Waals surface area contributed by atoms with Crippen molar-refractivity contribution >= 4 is 28.9 Å². The summed E-state index contributed by atoms with van der Waals surface area (Å²) in [5.41, 5.74) is 3.29. The molecule has 2 aliphatic carbocycles. The molecule has 0 spiro atoms. The summed E-state index contributed by atoms with van der Waals surface area (Å²) >= 11 is 6.39. The van der Waals surface area contributed by atoms with E-state index in [0.717, 1.165) is 36.5 Å². The first-order valence-corrected chi connectivity index (χ1v) is 9.77. The van der Waals surface area contributed by atoms with Crippen LogP contribution in [-0.4, -0.2) is 27.2 Å². The molecule has 2 heterocycles. The lowest BCUT2D eigenvalue weighted by Gasteiger charge is -2.13. The van der Waals surface area contributed by atoms with Gasteiger partial charge in [-0.2, -0.15) is 0 Å². The lowest BCUT2D eigenvalue weighted by atomic mass is 9.98. The Morgan fingerprint density at radius 1 is 1.12 bits per heavy atom. The Morgan fingerprint density at radius 2 is 1.92 bits per heavy atom. The van der Waals surface area contributed by atoms with Gasteiger partial charge in [-0.3, -0.25) is 0 Å². The van der Waals surface area contributed by atoms with Crippen molar-refractivity contribution in [1.29, 1.82) is 0 Å². The van der Waals surface area contributed by atoms with Crippen LogP contribution in [0.15, 0.2) is 29.6 Å². The van der Waals surface area contributed by atoms with Gasteiger partial charge in [-0.25, -0.2) is 19.9 Å². The maximum absolute atomic E-state index is 6.39. The Kier molecular flexibility index (Phi) is 4.90. The average Bonchev–Trinajstić information content (AvgIpc) is 3.41. The Labute approximate surface area is 159 Å². The Balaban J connectivity index is 1.57. The molecule has 2 aliphatic rings. The minimum Gasteiger partial charge on any atom is -0.369 e. The van der Waals surface area contributed by atoms with Gasteiger partial charge in [0.05, 0.1) is 10.7 Å². The molecule has 0 atom stereocenters. The molecule has 2 aromatic heterocycles. The summed E-state index contributed by atoms with van der Waals surface area (Å²) in [7, 11) is 0. The first-order chi connectivity index (χ1) is 12.6. The summed E-state index contributed by atoms with van der Waals surface area (Å²) in [4.78, 5) is 17.9. The Hall–Kier alpha value is -2.01. The van der Waals surface area contributed by atoms with E-state index in [1.54, 1.807) is 12.5 Å². The van der Waals surface area contributed by atoms with Gasteiger partial charge in [-0.1, -0.05) is 24.9 Å². The molecule has 5 nitrogen and oxygen atoms in total. The van der Waals surface area contributed by atoms with Crippen LogP contribution in [-0.2, 0) is 0 Å². The monoisotopic (exact) mass is 369 g/mol. The van der Waals surface area contributed by atoms with E-state index in [9.17, 15) is 0 Å². The number of aliphatic imine (C=N–C) groups is 1. The number of hydrogen-bond acceptors (Lipinski definition) is 5. The van der Waals surface area contributed by atoms with Gasteiger partial charge in [0.25, 0.3) is 0 Å². The zero-order valence-electron chi connectivity index (χ0n) is 15.1. The van der Waals surface area contributed by atoms with Crippen molar-refractivity contribution in [3.8, 4) is 11.3 Å². The van der Waals surface area contributed by atoms with E-state index in [0.29, 0.717) is 16.3 Å². The number of hydrogen-bond donors (Lipinski definition) is 1. The molecule has 0 bridgehead atoms. The molecule has 1 N–H and O–H groups in total. The summed E-state index contributed by atoms with van der Waals surface area (Å²) in [6.45, 7) is 3.23. The number of aromatic nitrogens is 3. The zero-order chi connectivity index (χ0) is 18.0. The third-order valence-electron chi connectivity index (χ3n) is 5.29. The van der Waals surface area contributed by atoms with Crippen LogP contribution in [0, 0.1) is 5.41 Å². The van der Waals surface area contributed by atoms with E-state index in [1.807, 2.05) is 12.1 Å². The van der Waals surface area contributed by atoms with Gasteiger partial charge < -0.3 is 5.32 Å². The first kappa shape index (κ1) is 17.4. The van der Waals surface area contributed by atoms with E-state index < -0.39 is 0 Å². The highest BCUT2D eigenvalue weighted by molar-refractivity contribution is 6.33. The van der Waals surface area contributed by atoms with E-state index in [-0.39, 0.29) is 0 Å². The van der Waals surface area contributed by atoms with Gasteiger partial charge in [-0.15, -0.1) is 0 Å². The summed E-state index contributed by atoms with van der Waals surface area (Å²) < 4.78 is 0. The zero-order valence-corrected chi connectivity index (χ0v) is 15.9. The number of nitrogens with zero attached hydrogens (tertiary/aromatic N) is 4. The maximum atomic E-state index is 6.39. The van der Waals surface area contributed by atoms with Gasteiger partial charge in [0.15, 0.2) is 5.82 Å².